The van der Waals surface area contributed by atoms with Gasteiger partial charge in [0, 0.05) is 13.1 Å². The average molecular weight is 396 g/mol. The van der Waals surface area contributed by atoms with Crippen LogP contribution in [0.1, 0.15) is 36.8 Å². The van der Waals surface area contributed by atoms with Crippen LogP contribution in [0.3, 0.4) is 0 Å². The zero-order valence-corrected chi connectivity index (χ0v) is 16.9. The van der Waals surface area contributed by atoms with Gasteiger partial charge in [-0.2, -0.15) is 0 Å². The molecule has 0 unspecified atom stereocenters. The highest BCUT2D eigenvalue weighted by Gasteiger charge is 2.42. The summed E-state index contributed by atoms with van der Waals surface area (Å²) in [6, 6.07) is 17.2. The van der Waals surface area contributed by atoms with E-state index < -0.39 is 5.54 Å². The Balaban J connectivity index is 1.50. The fourth-order valence-corrected chi connectivity index (χ4v) is 3.71. The predicted octanol–water partition coefficient (Wildman–Crippen LogP) is 3.17. The molecule has 3 amide bonds. The second-order valence-electron chi connectivity index (χ2n) is 7.44. The highest BCUT2D eigenvalue weighted by atomic mass is 16.5. The molecule has 0 atom stereocenters. The Morgan fingerprint density at radius 2 is 1.62 bits per heavy atom. The maximum Gasteiger partial charge on any atom is 0.315 e. The van der Waals surface area contributed by atoms with Gasteiger partial charge >= 0.3 is 6.03 Å². The Morgan fingerprint density at radius 3 is 2.28 bits per heavy atom. The molecule has 154 valence electrons. The zero-order chi connectivity index (χ0) is 20.5. The number of urea groups is 1. The smallest absolute Gasteiger partial charge is 0.315 e. The van der Waals surface area contributed by atoms with E-state index in [2.05, 4.69) is 16.0 Å². The Bertz CT molecular complexity index is 800. The number of hydrogen-bond acceptors (Lipinski definition) is 3. The van der Waals surface area contributed by atoms with Crippen molar-refractivity contribution in [2.75, 3.05) is 13.7 Å². The molecule has 1 saturated carbocycles. The first-order valence-corrected chi connectivity index (χ1v) is 10.1. The van der Waals surface area contributed by atoms with Gasteiger partial charge in [0.25, 0.3) is 0 Å². The minimum absolute atomic E-state index is 0.0987. The highest BCUT2D eigenvalue weighted by molar-refractivity contribution is 5.91. The summed E-state index contributed by atoms with van der Waals surface area (Å²) in [5, 5.41) is 8.81. The van der Waals surface area contributed by atoms with Crippen LogP contribution in [0, 0.1) is 0 Å². The summed E-state index contributed by atoms with van der Waals surface area (Å²) in [6.07, 6.45) is 3.93. The van der Waals surface area contributed by atoms with Crippen LogP contribution in [0.5, 0.6) is 5.75 Å². The van der Waals surface area contributed by atoms with Crippen LogP contribution in [0.25, 0.3) is 0 Å². The third-order valence-electron chi connectivity index (χ3n) is 5.40. The van der Waals surface area contributed by atoms with E-state index >= 15 is 0 Å². The Hall–Kier alpha value is -3.02. The van der Waals surface area contributed by atoms with Crippen molar-refractivity contribution >= 4 is 11.9 Å². The molecule has 0 heterocycles. The van der Waals surface area contributed by atoms with Crippen molar-refractivity contribution in [3.05, 3.63) is 65.7 Å². The van der Waals surface area contributed by atoms with E-state index in [4.69, 9.17) is 4.74 Å². The summed E-state index contributed by atoms with van der Waals surface area (Å²) in [7, 11) is 1.64. The molecule has 3 rings (SSSR count). The molecule has 6 heteroatoms. The van der Waals surface area contributed by atoms with Gasteiger partial charge in [-0.3, -0.25) is 4.79 Å². The third kappa shape index (κ3) is 5.73. The molecule has 1 fully saturated rings. The number of benzene rings is 2. The summed E-state index contributed by atoms with van der Waals surface area (Å²) in [5.74, 6) is 0.715. The summed E-state index contributed by atoms with van der Waals surface area (Å²) >= 11 is 0. The van der Waals surface area contributed by atoms with Crippen molar-refractivity contribution in [1.29, 1.82) is 0 Å². The molecule has 2 aromatic rings. The molecule has 1 aliphatic rings. The van der Waals surface area contributed by atoms with Crippen molar-refractivity contribution < 1.29 is 14.3 Å². The van der Waals surface area contributed by atoms with Crippen molar-refractivity contribution in [2.45, 2.75) is 44.2 Å². The van der Waals surface area contributed by atoms with Gasteiger partial charge in [0.15, 0.2) is 0 Å². The summed E-state index contributed by atoms with van der Waals surface area (Å²) in [4.78, 5) is 25.3. The average Bonchev–Trinajstić information content (AvgIpc) is 3.23. The number of ether oxygens (including phenoxy) is 1. The minimum atomic E-state index is -0.819. The minimum Gasteiger partial charge on any atom is -0.497 e. The Morgan fingerprint density at radius 1 is 0.931 bits per heavy atom. The predicted molar refractivity (Wildman–Crippen MR) is 113 cm³/mol. The molecule has 3 N–H and O–H groups in total. The number of carbonyl (C=O) groups excluding carboxylic acids is 2. The first-order valence-electron chi connectivity index (χ1n) is 10.1. The van der Waals surface area contributed by atoms with Crippen LogP contribution in [0.15, 0.2) is 54.6 Å². The van der Waals surface area contributed by atoms with Gasteiger partial charge in [-0.05, 0) is 42.5 Å². The number of amides is 3. The van der Waals surface area contributed by atoms with E-state index in [1.165, 1.54) is 0 Å². The quantitative estimate of drug-likeness (QED) is 0.642. The zero-order valence-electron chi connectivity index (χ0n) is 16.9. The summed E-state index contributed by atoms with van der Waals surface area (Å²) in [5.41, 5.74) is 1.33. The first-order chi connectivity index (χ1) is 14.1. The van der Waals surface area contributed by atoms with Gasteiger partial charge in [0.05, 0.1) is 7.11 Å². The topological polar surface area (TPSA) is 79.5 Å². The molecule has 29 heavy (non-hydrogen) atoms. The van der Waals surface area contributed by atoms with Gasteiger partial charge in [0.2, 0.25) is 5.91 Å². The molecule has 2 aromatic carbocycles. The second-order valence-corrected chi connectivity index (χ2v) is 7.44. The van der Waals surface area contributed by atoms with Crippen molar-refractivity contribution in [3.8, 4) is 5.75 Å². The van der Waals surface area contributed by atoms with E-state index in [1.807, 2.05) is 54.6 Å². The third-order valence-corrected chi connectivity index (χ3v) is 5.40. The van der Waals surface area contributed by atoms with E-state index in [0.717, 1.165) is 36.1 Å². The lowest BCUT2D eigenvalue weighted by Gasteiger charge is -2.29. The first kappa shape index (κ1) is 20.7. The van der Waals surface area contributed by atoms with E-state index in [9.17, 15) is 9.59 Å². The van der Waals surface area contributed by atoms with E-state index in [0.29, 0.717) is 25.9 Å². The summed E-state index contributed by atoms with van der Waals surface area (Å²) < 4.78 is 5.16. The largest absolute Gasteiger partial charge is 0.497 e. The fourth-order valence-electron chi connectivity index (χ4n) is 3.71. The van der Waals surface area contributed by atoms with Gasteiger partial charge < -0.3 is 20.7 Å². The van der Waals surface area contributed by atoms with Gasteiger partial charge in [-0.25, -0.2) is 4.79 Å². The van der Waals surface area contributed by atoms with Crippen molar-refractivity contribution in [3.63, 3.8) is 0 Å². The molecular weight excluding hydrogens is 366 g/mol. The van der Waals surface area contributed by atoms with Gasteiger partial charge in [-0.1, -0.05) is 55.3 Å². The van der Waals surface area contributed by atoms with Crippen LogP contribution in [0.4, 0.5) is 4.79 Å². The Kier molecular flexibility index (Phi) is 7.11. The lowest BCUT2D eigenvalue weighted by atomic mass is 9.96. The fraction of sp³-hybridized carbons (Fsp3) is 0.391. The van der Waals surface area contributed by atoms with Crippen molar-refractivity contribution in [2.24, 2.45) is 0 Å². The van der Waals surface area contributed by atoms with Crippen molar-refractivity contribution in [1.82, 2.24) is 16.0 Å². The van der Waals surface area contributed by atoms with Crippen LogP contribution < -0.4 is 20.7 Å². The second kappa shape index (κ2) is 9.96. The number of hydrogen-bond donors (Lipinski definition) is 3. The monoisotopic (exact) mass is 395 g/mol. The highest BCUT2D eigenvalue weighted by Crippen LogP contribution is 2.30. The molecule has 1 aliphatic carbocycles. The maximum atomic E-state index is 12.9. The van der Waals surface area contributed by atoms with Gasteiger partial charge in [-0.15, -0.1) is 0 Å². The molecule has 0 radical (unpaired) electrons. The maximum absolute atomic E-state index is 12.9. The standard InChI is InChI=1S/C23H29N3O3/c1-29-20-11-9-18(10-12-20)13-16-24-21(27)23(14-5-6-15-23)26-22(28)25-17-19-7-3-2-4-8-19/h2-4,7-12H,5-6,13-17H2,1H3,(H,24,27)(H2,25,26,28). The van der Waals surface area contributed by atoms with E-state index in [1.54, 1.807) is 7.11 Å². The summed E-state index contributed by atoms with van der Waals surface area (Å²) in [6.45, 7) is 0.960. The lowest BCUT2D eigenvalue weighted by Crippen LogP contribution is -2.59. The molecule has 0 bridgehead atoms. The normalized spacial score (nSPS) is 14.8. The Labute approximate surface area is 172 Å². The number of rotatable bonds is 8. The lowest BCUT2D eigenvalue weighted by molar-refractivity contribution is -0.127. The van der Waals surface area contributed by atoms with Crippen LogP contribution >= 0.6 is 0 Å². The SMILES string of the molecule is COc1ccc(CCNC(=O)C2(NC(=O)NCc3ccccc3)CCCC2)cc1. The van der Waals surface area contributed by atoms with E-state index in [-0.39, 0.29) is 11.9 Å². The molecule has 0 aromatic heterocycles. The molecule has 0 saturated heterocycles. The molecular formula is C23H29N3O3. The number of nitrogens with one attached hydrogen (secondary N) is 3. The van der Waals surface area contributed by atoms with Crippen LogP contribution in [0.2, 0.25) is 0 Å². The number of methoxy groups -OCH3 is 1. The van der Waals surface area contributed by atoms with Gasteiger partial charge in [0.1, 0.15) is 11.3 Å². The molecule has 6 nitrogen and oxygen atoms in total. The number of carbonyl (C=O) groups is 2. The molecule has 0 aliphatic heterocycles. The molecule has 0 spiro atoms. The van der Waals surface area contributed by atoms with Crippen LogP contribution in [-0.2, 0) is 17.8 Å². The van der Waals surface area contributed by atoms with Crippen LogP contribution in [-0.4, -0.2) is 31.1 Å².